The molecule has 0 spiro atoms. The van der Waals surface area contributed by atoms with E-state index in [-0.39, 0.29) is 5.91 Å². The van der Waals surface area contributed by atoms with Gasteiger partial charge in [0.05, 0.1) is 0 Å². The Morgan fingerprint density at radius 2 is 2.00 bits per heavy atom. The molecule has 2 atom stereocenters. The van der Waals surface area contributed by atoms with E-state index in [1.807, 2.05) is 12.1 Å². The minimum absolute atomic E-state index is 0.182. The largest absolute Gasteiger partial charge is 0.352 e. The maximum Gasteiger partial charge on any atom is 0.220 e. The van der Waals surface area contributed by atoms with E-state index in [1.54, 1.807) is 0 Å². The fourth-order valence-corrected chi connectivity index (χ4v) is 2.88. The predicted octanol–water partition coefficient (Wildman–Crippen LogP) is 2.66. The van der Waals surface area contributed by atoms with Gasteiger partial charge in [0.25, 0.3) is 0 Å². The van der Waals surface area contributed by atoms with Crippen LogP contribution < -0.4 is 10.6 Å². The highest BCUT2D eigenvalue weighted by Crippen LogP contribution is 2.41. The zero-order chi connectivity index (χ0) is 13.2. The van der Waals surface area contributed by atoms with E-state index in [9.17, 15) is 4.79 Å². The maximum atomic E-state index is 11.2. The molecule has 1 aliphatic heterocycles. The average molecular weight is 279 g/mol. The van der Waals surface area contributed by atoms with Crippen LogP contribution >= 0.6 is 11.6 Å². The molecule has 3 nitrogen and oxygen atoms in total. The number of rotatable bonds is 5. The van der Waals surface area contributed by atoms with Crippen LogP contribution in [0.3, 0.4) is 0 Å². The van der Waals surface area contributed by atoms with Crippen LogP contribution in [0, 0.1) is 5.92 Å². The number of benzene rings is 1. The summed E-state index contributed by atoms with van der Waals surface area (Å²) in [5.74, 6) is 0.916. The molecule has 1 saturated carbocycles. The summed E-state index contributed by atoms with van der Waals surface area (Å²) in [6.45, 7) is 0.857. The number of halogens is 1. The lowest BCUT2D eigenvalue weighted by molar-refractivity contribution is -0.119. The first-order valence-corrected chi connectivity index (χ1v) is 7.38. The van der Waals surface area contributed by atoms with Gasteiger partial charge in [0.2, 0.25) is 5.91 Å². The number of amides is 1. The van der Waals surface area contributed by atoms with Gasteiger partial charge in [-0.25, -0.2) is 0 Å². The van der Waals surface area contributed by atoms with E-state index in [0.29, 0.717) is 18.5 Å². The van der Waals surface area contributed by atoms with E-state index in [1.165, 1.54) is 18.4 Å². The van der Waals surface area contributed by atoms with Crippen molar-refractivity contribution in [1.82, 2.24) is 10.6 Å². The van der Waals surface area contributed by atoms with Crippen molar-refractivity contribution in [2.24, 2.45) is 5.92 Å². The Morgan fingerprint density at radius 3 is 2.58 bits per heavy atom. The Bertz CT molecular complexity index is 456. The van der Waals surface area contributed by atoms with E-state index in [4.69, 9.17) is 11.6 Å². The fraction of sp³-hybridized carbons (Fsp3) is 0.533. The Morgan fingerprint density at radius 1 is 1.26 bits per heavy atom. The second-order valence-electron chi connectivity index (χ2n) is 5.58. The molecule has 1 saturated heterocycles. The van der Waals surface area contributed by atoms with Crippen LogP contribution in [0.4, 0.5) is 0 Å². The molecule has 4 heteroatoms. The molecule has 1 amide bonds. The van der Waals surface area contributed by atoms with Crippen molar-refractivity contribution in [3.05, 3.63) is 34.9 Å². The van der Waals surface area contributed by atoms with E-state index in [0.717, 1.165) is 23.9 Å². The normalized spacial score (nSPS) is 24.3. The maximum absolute atomic E-state index is 11.2. The highest BCUT2D eigenvalue weighted by atomic mass is 35.5. The highest BCUT2D eigenvalue weighted by Gasteiger charge is 2.33. The molecule has 1 heterocycles. The first-order chi connectivity index (χ1) is 9.22. The first-order valence-electron chi connectivity index (χ1n) is 7.00. The molecule has 19 heavy (non-hydrogen) atoms. The molecule has 0 aromatic heterocycles. The van der Waals surface area contributed by atoms with Gasteiger partial charge in [0, 0.05) is 30.1 Å². The SMILES string of the molecule is O=C1CCC(CNC(c2ccc(Cl)cc2)C2CC2)N1. The number of hydrogen-bond donors (Lipinski definition) is 2. The molecule has 102 valence electrons. The standard InChI is InChI=1S/C15H19ClN2O/c16-12-5-3-11(4-6-12)15(10-1-2-10)17-9-13-7-8-14(19)18-13/h3-6,10,13,15,17H,1-2,7-9H2,(H,18,19). The number of nitrogens with one attached hydrogen (secondary N) is 2. The summed E-state index contributed by atoms with van der Waals surface area (Å²) in [6.07, 6.45) is 4.19. The van der Waals surface area contributed by atoms with Gasteiger partial charge in [-0.05, 0) is 42.9 Å². The van der Waals surface area contributed by atoms with Crippen LogP contribution in [0.1, 0.15) is 37.3 Å². The van der Waals surface area contributed by atoms with Gasteiger partial charge < -0.3 is 10.6 Å². The van der Waals surface area contributed by atoms with E-state index >= 15 is 0 Å². The summed E-state index contributed by atoms with van der Waals surface area (Å²) in [6, 6.07) is 8.80. The molecule has 2 fully saturated rings. The smallest absolute Gasteiger partial charge is 0.220 e. The van der Waals surface area contributed by atoms with Crippen LogP contribution in [-0.4, -0.2) is 18.5 Å². The molecule has 2 unspecified atom stereocenters. The Balaban J connectivity index is 1.61. The van der Waals surface area contributed by atoms with Crippen molar-refractivity contribution >= 4 is 17.5 Å². The van der Waals surface area contributed by atoms with Crippen molar-refractivity contribution in [2.45, 2.75) is 37.8 Å². The van der Waals surface area contributed by atoms with E-state index in [2.05, 4.69) is 22.8 Å². The molecule has 2 aliphatic rings. The molecule has 0 bridgehead atoms. The average Bonchev–Trinajstić information content (AvgIpc) is 3.15. The van der Waals surface area contributed by atoms with Crippen molar-refractivity contribution in [3.63, 3.8) is 0 Å². The van der Waals surface area contributed by atoms with Crippen molar-refractivity contribution in [2.75, 3.05) is 6.54 Å². The third kappa shape index (κ3) is 3.28. The van der Waals surface area contributed by atoms with Crippen molar-refractivity contribution in [1.29, 1.82) is 0 Å². The summed E-state index contributed by atoms with van der Waals surface area (Å²) in [7, 11) is 0. The highest BCUT2D eigenvalue weighted by molar-refractivity contribution is 6.30. The van der Waals surface area contributed by atoms with Crippen LogP contribution in [-0.2, 0) is 4.79 Å². The van der Waals surface area contributed by atoms with Gasteiger partial charge in [0.1, 0.15) is 0 Å². The lowest BCUT2D eigenvalue weighted by atomic mass is 10.0. The molecule has 1 aromatic rings. The summed E-state index contributed by atoms with van der Waals surface area (Å²) >= 11 is 5.94. The third-order valence-electron chi connectivity index (χ3n) is 3.99. The zero-order valence-electron chi connectivity index (χ0n) is 10.9. The van der Waals surface area contributed by atoms with Gasteiger partial charge in [-0.1, -0.05) is 23.7 Å². The summed E-state index contributed by atoms with van der Waals surface area (Å²) in [4.78, 5) is 11.2. The van der Waals surface area contributed by atoms with Crippen LogP contribution in [0.25, 0.3) is 0 Å². The van der Waals surface area contributed by atoms with Gasteiger partial charge in [-0.3, -0.25) is 4.79 Å². The molecular formula is C15H19ClN2O. The molecule has 3 rings (SSSR count). The Hall–Kier alpha value is -1.06. The van der Waals surface area contributed by atoms with Crippen LogP contribution in [0.2, 0.25) is 5.02 Å². The summed E-state index contributed by atoms with van der Waals surface area (Å²) < 4.78 is 0. The summed E-state index contributed by atoms with van der Waals surface area (Å²) in [5.41, 5.74) is 1.30. The minimum atomic E-state index is 0.182. The van der Waals surface area contributed by atoms with Crippen molar-refractivity contribution in [3.8, 4) is 0 Å². The number of hydrogen-bond acceptors (Lipinski definition) is 2. The predicted molar refractivity (Wildman–Crippen MR) is 76.1 cm³/mol. The minimum Gasteiger partial charge on any atom is -0.352 e. The van der Waals surface area contributed by atoms with Gasteiger partial charge in [0.15, 0.2) is 0 Å². The van der Waals surface area contributed by atoms with E-state index < -0.39 is 0 Å². The lowest BCUT2D eigenvalue weighted by Crippen LogP contribution is -2.37. The number of carbonyl (C=O) groups is 1. The van der Waals surface area contributed by atoms with Gasteiger partial charge >= 0.3 is 0 Å². The molecule has 1 aromatic carbocycles. The summed E-state index contributed by atoms with van der Waals surface area (Å²) in [5, 5.41) is 7.41. The number of carbonyl (C=O) groups excluding carboxylic acids is 1. The molecule has 1 aliphatic carbocycles. The van der Waals surface area contributed by atoms with Gasteiger partial charge in [-0.15, -0.1) is 0 Å². The Labute approximate surface area is 118 Å². The second-order valence-corrected chi connectivity index (χ2v) is 6.01. The monoisotopic (exact) mass is 278 g/mol. The fourth-order valence-electron chi connectivity index (χ4n) is 2.76. The Kier molecular flexibility index (Phi) is 3.76. The molecular weight excluding hydrogens is 260 g/mol. The zero-order valence-corrected chi connectivity index (χ0v) is 11.6. The third-order valence-corrected chi connectivity index (χ3v) is 4.24. The quantitative estimate of drug-likeness (QED) is 0.869. The lowest BCUT2D eigenvalue weighted by Gasteiger charge is -2.21. The van der Waals surface area contributed by atoms with Gasteiger partial charge in [-0.2, -0.15) is 0 Å². The first kappa shape index (κ1) is 12.9. The second kappa shape index (κ2) is 5.51. The molecule has 2 N–H and O–H groups in total. The topological polar surface area (TPSA) is 41.1 Å². The molecule has 0 radical (unpaired) electrons. The van der Waals surface area contributed by atoms with Crippen LogP contribution in [0.5, 0.6) is 0 Å². The van der Waals surface area contributed by atoms with Crippen molar-refractivity contribution < 1.29 is 4.79 Å². The van der Waals surface area contributed by atoms with Crippen LogP contribution in [0.15, 0.2) is 24.3 Å².